The molecule has 29 heavy (non-hydrogen) atoms. The van der Waals surface area contributed by atoms with Crippen LogP contribution in [-0.4, -0.2) is 41.5 Å². The Morgan fingerprint density at radius 2 is 2.14 bits per heavy atom. The number of halogens is 4. The van der Waals surface area contributed by atoms with Gasteiger partial charge in [-0.1, -0.05) is 29.8 Å². The van der Waals surface area contributed by atoms with Gasteiger partial charge in [-0.25, -0.2) is 22.9 Å². The molecule has 0 fully saturated rings. The molecule has 1 aromatic carbocycles. The van der Waals surface area contributed by atoms with E-state index in [1.165, 1.54) is 6.20 Å². The largest absolute Gasteiger partial charge is 0.699 e. The van der Waals surface area contributed by atoms with Gasteiger partial charge in [0.05, 0.1) is 11.6 Å². The molecule has 3 rings (SSSR count). The topological polar surface area (TPSA) is 122 Å². The quantitative estimate of drug-likeness (QED) is 0.760. The fraction of sp³-hybridized carbons (Fsp3) is 0.278. The number of nitrogens with zero attached hydrogens (tertiary/aromatic N) is 2. The number of nitrogens with two attached hydrogens (primary N) is 1. The van der Waals surface area contributed by atoms with Gasteiger partial charge in [-0.3, -0.25) is 4.99 Å². The minimum atomic E-state index is -3.04. The summed E-state index contributed by atoms with van der Waals surface area (Å²) in [6, 6.07) is 5.41. The third kappa shape index (κ3) is 4.96. The number of hydrogen-bond donors (Lipinski definition) is 2. The first-order chi connectivity index (χ1) is 13.6. The van der Waals surface area contributed by atoms with Gasteiger partial charge in [-0.15, -0.1) is 5.69 Å². The number of nitrogens with one attached hydrogen (secondary N) is 1. The van der Waals surface area contributed by atoms with Crippen LogP contribution in [0.2, 0.25) is 5.02 Å². The van der Waals surface area contributed by atoms with Crippen molar-refractivity contribution < 1.29 is 27.8 Å². The van der Waals surface area contributed by atoms with Gasteiger partial charge in [0.1, 0.15) is 18.3 Å². The van der Waals surface area contributed by atoms with Crippen molar-refractivity contribution in [3.8, 4) is 0 Å². The monoisotopic (exact) mass is 429 g/mol. The summed E-state index contributed by atoms with van der Waals surface area (Å²) < 4.78 is 45.7. The smallest absolute Gasteiger partial charge is 0.354 e. The zero-order valence-corrected chi connectivity index (χ0v) is 15.9. The molecule has 0 saturated heterocycles. The zero-order valence-electron chi connectivity index (χ0n) is 15.1. The van der Waals surface area contributed by atoms with Crippen molar-refractivity contribution >= 4 is 29.1 Å². The summed E-state index contributed by atoms with van der Waals surface area (Å²) in [5.41, 5.74) is 10.7. The number of pyridine rings is 1. The third-order valence-electron chi connectivity index (χ3n) is 3.98. The van der Waals surface area contributed by atoms with Crippen molar-refractivity contribution in [3.63, 3.8) is 0 Å². The van der Waals surface area contributed by atoms with Gasteiger partial charge in [-0.2, -0.15) is 0 Å². The maximum Gasteiger partial charge on any atom is 0.354 e. The number of amidine groups is 1. The lowest BCUT2D eigenvalue weighted by Gasteiger charge is -2.34. The van der Waals surface area contributed by atoms with Crippen LogP contribution in [0.25, 0.3) is 5.73 Å². The van der Waals surface area contributed by atoms with Crippen LogP contribution in [0.4, 0.5) is 18.9 Å². The molecule has 1 atom stereocenters. The lowest BCUT2D eigenvalue weighted by molar-refractivity contribution is -0.0145. The highest BCUT2D eigenvalue weighted by Gasteiger charge is 2.46. The fourth-order valence-electron chi connectivity index (χ4n) is 2.61. The van der Waals surface area contributed by atoms with E-state index < -0.39 is 40.9 Å². The number of alkyl halides is 2. The lowest BCUT2D eigenvalue weighted by Crippen LogP contribution is -2.45. The number of aryl methyl sites for hydroxylation is 1. The van der Waals surface area contributed by atoms with Crippen LogP contribution in [0.1, 0.15) is 21.6 Å². The van der Waals surface area contributed by atoms with E-state index in [9.17, 15) is 18.0 Å². The number of carbonyl (C=O) groups is 1. The molecule has 1 aliphatic heterocycles. The van der Waals surface area contributed by atoms with Crippen LogP contribution in [-0.2, 0) is 10.3 Å². The number of ether oxygens (including phenoxy) is 1. The molecule has 0 saturated carbocycles. The van der Waals surface area contributed by atoms with Crippen LogP contribution >= 0.6 is 11.6 Å². The first kappa shape index (κ1) is 22.4. The molecule has 0 amide bonds. The van der Waals surface area contributed by atoms with Gasteiger partial charge in [0, 0.05) is 11.8 Å². The van der Waals surface area contributed by atoms with E-state index in [-0.39, 0.29) is 23.8 Å². The Hall–Kier alpha value is -2.85. The third-order valence-corrected chi connectivity index (χ3v) is 4.26. The lowest BCUT2D eigenvalue weighted by atomic mass is 9.90. The maximum atomic E-state index is 14.0. The summed E-state index contributed by atoms with van der Waals surface area (Å²) >= 11 is 5.58. The highest BCUT2D eigenvalue weighted by molar-refractivity contribution is 6.31. The van der Waals surface area contributed by atoms with Crippen LogP contribution in [0.3, 0.4) is 0 Å². The summed E-state index contributed by atoms with van der Waals surface area (Å²) in [5, 5.41) is 8.09. The van der Waals surface area contributed by atoms with Crippen LogP contribution < -0.4 is 5.73 Å². The van der Waals surface area contributed by atoms with Gasteiger partial charge < -0.3 is 21.3 Å². The molecule has 2 heterocycles. The van der Waals surface area contributed by atoms with E-state index in [4.69, 9.17) is 32.9 Å². The molecule has 11 heteroatoms. The SMILES string of the molecule is Cc1cccnc1C(=O)O.[NH-]c1cc(Cl)c(F)c([C@]2(C(F)F)COCC(N)=N2)c1. The number of carboxylic acid groups (broad SMARTS) is 1. The summed E-state index contributed by atoms with van der Waals surface area (Å²) in [6.45, 7) is 1.10. The first-order valence-electron chi connectivity index (χ1n) is 8.14. The number of rotatable bonds is 3. The fourth-order valence-corrected chi connectivity index (χ4v) is 2.83. The van der Waals surface area contributed by atoms with Crippen molar-refractivity contribution in [3.05, 3.63) is 63.9 Å². The number of hydrogen-bond acceptors (Lipinski definition) is 5. The maximum absolute atomic E-state index is 14.0. The van der Waals surface area contributed by atoms with E-state index in [1.807, 2.05) is 0 Å². The van der Waals surface area contributed by atoms with Gasteiger partial charge >= 0.3 is 5.97 Å². The van der Waals surface area contributed by atoms with Crippen LogP contribution in [0, 0.1) is 12.7 Å². The molecular weight excluding hydrogens is 413 g/mol. The predicted molar refractivity (Wildman–Crippen MR) is 101 cm³/mol. The first-order valence-corrected chi connectivity index (χ1v) is 8.52. The summed E-state index contributed by atoms with van der Waals surface area (Å²) in [4.78, 5) is 17.7. The molecule has 4 N–H and O–H groups in total. The highest BCUT2D eigenvalue weighted by Crippen LogP contribution is 2.40. The van der Waals surface area contributed by atoms with E-state index in [2.05, 4.69) is 9.98 Å². The average molecular weight is 430 g/mol. The van der Waals surface area contributed by atoms with Crippen LogP contribution in [0.5, 0.6) is 0 Å². The number of aromatic nitrogens is 1. The minimum Gasteiger partial charge on any atom is -0.699 e. The summed E-state index contributed by atoms with van der Waals surface area (Å²) in [5.74, 6) is -2.17. The summed E-state index contributed by atoms with van der Waals surface area (Å²) in [7, 11) is 0. The normalized spacial score (nSPS) is 18.6. The van der Waals surface area contributed by atoms with Gasteiger partial charge in [0.15, 0.2) is 11.2 Å². The van der Waals surface area contributed by atoms with E-state index >= 15 is 0 Å². The predicted octanol–water partition coefficient (Wildman–Crippen LogP) is 4.10. The number of carboxylic acids is 1. The van der Waals surface area contributed by atoms with Crippen molar-refractivity contribution in [2.24, 2.45) is 10.7 Å². The molecule has 0 spiro atoms. The highest BCUT2D eigenvalue weighted by atomic mass is 35.5. The Labute approximate surface area is 169 Å². The standard InChI is InChI=1S/C11H10ClF3N3O.C7H7NO2/c12-7-2-5(16)1-6(9(7)13)11(10(14)15)4-19-3-8(17)18-11;1-5-3-2-4-8-6(5)7(9)10/h1-2,10,16H,3-4H2,(H2,17,18);2-4H,1H3,(H,9,10)/q-1;/t11-;/m0./s1. The molecule has 1 aromatic heterocycles. The van der Waals surface area contributed by atoms with Crippen molar-refractivity contribution in [1.82, 2.24) is 4.98 Å². The number of benzene rings is 1. The average Bonchev–Trinajstić information content (AvgIpc) is 2.65. The zero-order chi connectivity index (χ0) is 21.8. The van der Waals surface area contributed by atoms with Crippen LogP contribution in [0.15, 0.2) is 35.5 Å². The Bertz CT molecular complexity index is 943. The molecule has 0 bridgehead atoms. The Morgan fingerprint density at radius 1 is 1.45 bits per heavy atom. The van der Waals surface area contributed by atoms with Gasteiger partial charge in [-0.05, 0) is 18.6 Å². The molecule has 1 aliphatic rings. The second kappa shape index (κ2) is 9.10. The van der Waals surface area contributed by atoms with Crippen molar-refractivity contribution in [2.45, 2.75) is 18.9 Å². The Balaban J connectivity index is 0.000000253. The van der Waals surface area contributed by atoms with E-state index in [1.54, 1.807) is 19.1 Å². The van der Waals surface area contributed by atoms with E-state index in [0.717, 1.165) is 12.1 Å². The number of aromatic carboxylic acids is 1. The Morgan fingerprint density at radius 3 is 2.66 bits per heavy atom. The summed E-state index contributed by atoms with van der Waals surface area (Å²) in [6.07, 6.45) is -1.57. The molecular formula is C18H17ClF3N4O3-. The minimum absolute atomic E-state index is 0.0929. The molecule has 7 nitrogen and oxygen atoms in total. The van der Waals surface area contributed by atoms with Gasteiger partial charge in [0.2, 0.25) is 0 Å². The molecule has 2 aromatic rings. The second-order valence-corrected chi connectivity index (χ2v) is 6.52. The number of aliphatic imine (C=N–C) groups is 1. The van der Waals surface area contributed by atoms with E-state index in [0.29, 0.717) is 5.56 Å². The Kier molecular flexibility index (Phi) is 7.04. The molecule has 0 aliphatic carbocycles. The molecule has 0 unspecified atom stereocenters. The molecule has 0 radical (unpaired) electrons. The van der Waals surface area contributed by atoms with Crippen molar-refractivity contribution in [2.75, 3.05) is 13.2 Å². The molecule has 156 valence electrons. The van der Waals surface area contributed by atoms with Crippen molar-refractivity contribution in [1.29, 1.82) is 0 Å². The second-order valence-electron chi connectivity index (χ2n) is 6.11. The van der Waals surface area contributed by atoms with Gasteiger partial charge in [0.25, 0.3) is 6.43 Å².